The van der Waals surface area contributed by atoms with Gasteiger partial charge in [0.1, 0.15) is 5.03 Å². The van der Waals surface area contributed by atoms with Crippen LogP contribution in [0.5, 0.6) is 0 Å². The summed E-state index contributed by atoms with van der Waals surface area (Å²) in [4.78, 5) is 10.4. The van der Waals surface area contributed by atoms with Gasteiger partial charge in [-0.2, -0.15) is 0 Å². The Morgan fingerprint density at radius 3 is 2.52 bits per heavy atom. The number of hydrogen-bond donors (Lipinski definition) is 1. The van der Waals surface area contributed by atoms with Gasteiger partial charge in [0, 0.05) is 17.0 Å². The lowest BCUT2D eigenvalue weighted by molar-refractivity contribution is 0.951. The molecule has 3 rings (SSSR count). The molecule has 0 saturated carbocycles. The highest BCUT2D eigenvalue weighted by atomic mass is 35.5. The molecule has 0 aliphatic heterocycles. The molecule has 0 amide bonds. The van der Waals surface area contributed by atoms with Crippen LogP contribution in [-0.4, -0.2) is 9.97 Å². The van der Waals surface area contributed by atoms with Crippen molar-refractivity contribution in [3.63, 3.8) is 0 Å². The zero-order chi connectivity index (χ0) is 18.0. The van der Waals surface area contributed by atoms with E-state index in [4.69, 9.17) is 38.9 Å². The van der Waals surface area contributed by atoms with Crippen LogP contribution in [0.25, 0.3) is 11.3 Å². The first kappa shape index (κ1) is 18.2. The lowest BCUT2D eigenvalue weighted by Crippen LogP contribution is -2.00. The van der Waals surface area contributed by atoms with Gasteiger partial charge < -0.3 is 5.73 Å². The van der Waals surface area contributed by atoms with Crippen LogP contribution < -0.4 is 5.73 Å². The van der Waals surface area contributed by atoms with Crippen LogP contribution in [0.1, 0.15) is 17.0 Å². The summed E-state index contributed by atoms with van der Waals surface area (Å²) in [7, 11) is 0. The molecule has 2 aromatic carbocycles. The summed E-state index contributed by atoms with van der Waals surface area (Å²) in [6, 6.07) is 13.6. The van der Waals surface area contributed by atoms with E-state index in [9.17, 15) is 0 Å². The highest BCUT2D eigenvalue weighted by Gasteiger charge is 2.14. The standard InChI is InChI=1S/C19H17Cl2N3S/c1-11-18(14-6-3-5-13(9-14)10-22)23-12(2)19(24-11)25-16-8-4-7-15(20)17(16)21/h3-9H,10,22H2,1-2H3. The maximum atomic E-state index is 6.28. The quantitative estimate of drug-likeness (QED) is 0.623. The third-order valence-corrected chi connectivity index (χ3v) is 5.83. The molecular formula is C19H17Cl2N3S. The molecular weight excluding hydrogens is 373 g/mol. The summed E-state index contributed by atoms with van der Waals surface area (Å²) < 4.78 is 0. The van der Waals surface area contributed by atoms with Crippen molar-refractivity contribution in [1.82, 2.24) is 9.97 Å². The molecule has 0 saturated heterocycles. The molecule has 0 radical (unpaired) electrons. The maximum absolute atomic E-state index is 6.28. The number of rotatable bonds is 4. The summed E-state index contributed by atoms with van der Waals surface area (Å²) in [5.74, 6) is 0. The molecule has 25 heavy (non-hydrogen) atoms. The van der Waals surface area contributed by atoms with Crippen molar-refractivity contribution in [3.8, 4) is 11.3 Å². The second-order valence-electron chi connectivity index (χ2n) is 5.61. The molecule has 0 spiro atoms. The van der Waals surface area contributed by atoms with E-state index in [1.54, 1.807) is 6.07 Å². The van der Waals surface area contributed by atoms with Crippen molar-refractivity contribution < 1.29 is 0 Å². The van der Waals surface area contributed by atoms with Gasteiger partial charge in [-0.1, -0.05) is 59.2 Å². The molecule has 6 heteroatoms. The molecule has 1 aromatic heterocycles. The third kappa shape index (κ3) is 3.98. The van der Waals surface area contributed by atoms with Crippen LogP contribution in [-0.2, 0) is 6.54 Å². The third-order valence-electron chi connectivity index (χ3n) is 3.76. The fourth-order valence-electron chi connectivity index (χ4n) is 2.47. The normalized spacial score (nSPS) is 10.9. The van der Waals surface area contributed by atoms with Gasteiger partial charge >= 0.3 is 0 Å². The van der Waals surface area contributed by atoms with E-state index >= 15 is 0 Å². The maximum Gasteiger partial charge on any atom is 0.122 e. The molecule has 0 atom stereocenters. The Labute approximate surface area is 161 Å². The van der Waals surface area contributed by atoms with Gasteiger partial charge in [-0.15, -0.1) is 0 Å². The van der Waals surface area contributed by atoms with Crippen molar-refractivity contribution in [2.24, 2.45) is 5.73 Å². The van der Waals surface area contributed by atoms with E-state index in [1.165, 1.54) is 11.8 Å². The molecule has 0 aliphatic carbocycles. The van der Waals surface area contributed by atoms with Crippen LogP contribution in [0.4, 0.5) is 0 Å². The van der Waals surface area contributed by atoms with Crippen LogP contribution in [0.15, 0.2) is 52.4 Å². The Balaban J connectivity index is 1.99. The average Bonchev–Trinajstić information content (AvgIpc) is 2.61. The number of benzene rings is 2. The first-order chi connectivity index (χ1) is 12.0. The molecule has 128 valence electrons. The van der Waals surface area contributed by atoms with Gasteiger partial charge in [0.2, 0.25) is 0 Å². The van der Waals surface area contributed by atoms with E-state index in [1.807, 2.05) is 44.2 Å². The number of halogens is 2. The Hall–Kier alpha value is -1.59. The van der Waals surface area contributed by atoms with E-state index in [-0.39, 0.29) is 0 Å². The van der Waals surface area contributed by atoms with Crippen molar-refractivity contribution in [2.75, 3.05) is 0 Å². The predicted octanol–water partition coefficient (Wildman–Crippen LogP) is 5.68. The van der Waals surface area contributed by atoms with Crippen molar-refractivity contribution in [3.05, 3.63) is 69.5 Å². The smallest absolute Gasteiger partial charge is 0.122 e. The Kier molecular flexibility index (Phi) is 5.64. The van der Waals surface area contributed by atoms with Crippen LogP contribution in [0.3, 0.4) is 0 Å². The predicted molar refractivity (Wildman–Crippen MR) is 105 cm³/mol. The lowest BCUT2D eigenvalue weighted by Gasteiger charge is -2.12. The van der Waals surface area contributed by atoms with Crippen LogP contribution >= 0.6 is 35.0 Å². The first-order valence-electron chi connectivity index (χ1n) is 7.76. The largest absolute Gasteiger partial charge is 0.326 e. The molecule has 0 unspecified atom stereocenters. The van der Waals surface area contributed by atoms with Crippen LogP contribution in [0.2, 0.25) is 10.0 Å². The molecule has 0 aliphatic rings. The van der Waals surface area contributed by atoms with Gasteiger partial charge in [0.15, 0.2) is 0 Å². The number of aryl methyl sites for hydroxylation is 2. The second kappa shape index (κ2) is 7.75. The summed E-state index contributed by atoms with van der Waals surface area (Å²) >= 11 is 13.8. The van der Waals surface area contributed by atoms with Crippen LogP contribution in [0, 0.1) is 13.8 Å². The average molecular weight is 390 g/mol. The van der Waals surface area contributed by atoms with E-state index in [0.29, 0.717) is 16.6 Å². The minimum Gasteiger partial charge on any atom is -0.326 e. The fraction of sp³-hybridized carbons (Fsp3) is 0.158. The fourth-order valence-corrected chi connectivity index (χ4v) is 3.87. The second-order valence-corrected chi connectivity index (χ2v) is 7.42. The molecule has 3 nitrogen and oxygen atoms in total. The van der Waals surface area contributed by atoms with E-state index in [2.05, 4.69) is 6.07 Å². The Morgan fingerprint density at radius 1 is 1.00 bits per heavy atom. The van der Waals surface area contributed by atoms with E-state index in [0.717, 1.165) is 38.1 Å². The van der Waals surface area contributed by atoms with Crippen molar-refractivity contribution in [2.45, 2.75) is 30.3 Å². The number of hydrogen-bond acceptors (Lipinski definition) is 4. The zero-order valence-electron chi connectivity index (χ0n) is 13.9. The minimum atomic E-state index is 0.500. The van der Waals surface area contributed by atoms with Gasteiger partial charge in [0.05, 0.1) is 27.1 Å². The number of nitrogens with zero attached hydrogens (tertiary/aromatic N) is 2. The monoisotopic (exact) mass is 389 g/mol. The van der Waals surface area contributed by atoms with Crippen molar-refractivity contribution >= 4 is 35.0 Å². The Morgan fingerprint density at radius 2 is 1.76 bits per heavy atom. The molecule has 3 aromatic rings. The topological polar surface area (TPSA) is 51.8 Å². The van der Waals surface area contributed by atoms with Gasteiger partial charge in [-0.25, -0.2) is 9.97 Å². The highest BCUT2D eigenvalue weighted by molar-refractivity contribution is 7.99. The van der Waals surface area contributed by atoms with E-state index < -0.39 is 0 Å². The zero-order valence-corrected chi connectivity index (χ0v) is 16.2. The van der Waals surface area contributed by atoms with Crippen molar-refractivity contribution in [1.29, 1.82) is 0 Å². The highest BCUT2D eigenvalue weighted by Crippen LogP contribution is 2.37. The Bertz CT molecular complexity index is 929. The summed E-state index contributed by atoms with van der Waals surface area (Å²) in [6.07, 6.45) is 0. The SMILES string of the molecule is Cc1nc(-c2cccc(CN)c2)c(C)nc1Sc1cccc(Cl)c1Cl. The molecule has 0 fully saturated rings. The van der Waals surface area contributed by atoms with Gasteiger partial charge in [-0.3, -0.25) is 0 Å². The first-order valence-corrected chi connectivity index (χ1v) is 9.33. The number of aromatic nitrogens is 2. The molecule has 0 bridgehead atoms. The molecule has 1 heterocycles. The number of nitrogens with two attached hydrogens (primary N) is 1. The summed E-state index contributed by atoms with van der Waals surface area (Å²) in [5.41, 5.74) is 10.4. The summed E-state index contributed by atoms with van der Waals surface area (Å²) in [6.45, 7) is 4.41. The summed E-state index contributed by atoms with van der Waals surface area (Å²) in [5, 5.41) is 1.89. The van der Waals surface area contributed by atoms with Gasteiger partial charge in [0.25, 0.3) is 0 Å². The minimum absolute atomic E-state index is 0.500. The molecule has 2 N–H and O–H groups in total. The van der Waals surface area contributed by atoms with Gasteiger partial charge in [-0.05, 0) is 37.6 Å². The lowest BCUT2D eigenvalue weighted by atomic mass is 10.1.